The predicted molar refractivity (Wildman–Crippen MR) is 62.4 cm³/mol. The maximum atomic E-state index is 13.4. The normalized spacial score (nSPS) is 18.6. The number of carbonyl (C=O) groups is 2. The minimum absolute atomic E-state index is 0.0717. The molecule has 0 radical (unpaired) electrons. The SMILES string of the molecule is O=C(O)[C@H]1CCCN1C(=O)Cc1ccc(F)cc1F. The Labute approximate surface area is 108 Å². The molecule has 1 aliphatic rings. The zero-order valence-corrected chi connectivity index (χ0v) is 10.1. The Hall–Kier alpha value is -1.98. The van der Waals surface area contributed by atoms with Gasteiger partial charge in [0.2, 0.25) is 5.91 Å². The van der Waals surface area contributed by atoms with Gasteiger partial charge in [-0.15, -0.1) is 0 Å². The lowest BCUT2D eigenvalue weighted by Gasteiger charge is -2.21. The molecule has 1 amide bonds. The summed E-state index contributed by atoms with van der Waals surface area (Å²) in [6, 6.07) is 2.15. The van der Waals surface area contributed by atoms with Gasteiger partial charge in [0.25, 0.3) is 0 Å². The third kappa shape index (κ3) is 2.89. The Bertz CT molecular complexity index is 519. The van der Waals surface area contributed by atoms with E-state index < -0.39 is 29.6 Å². The number of carboxylic acid groups (broad SMARTS) is 1. The van der Waals surface area contributed by atoms with Crippen molar-refractivity contribution in [3.8, 4) is 0 Å². The number of nitrogens with zero attached hydrogens (tertiary/aromatic N) is 1. The number of carboxylic acids is 1. The number of halogens is 2. The lowest BCUT2D eigenvalue weighted by atomic mass is 10.1. The van der Waals surface area contributed by atoms with Crippen LogP contribution in [0.2, 0.25) is 0 Å². The van der Waals surface area contributed by atoms with Crippen LogP contribution in [-0.2, 0) is 16.0 Å². The van der Waals surface area contributed by atoms with Crippen molar-refractivity contribution < 1.29 is 23.5 Å². The summed E-state index contributed by atoms with van der Waals surface area (Å²) in [5.41, 5.74) is 0.0717. The number of benzene rings is 1. The fourth-order valence-electron chi connectivity index (χ4n) is 2.25. The molecule has 1 heterocycles. The Balaban J connectivity index is 2.10. The van der Waals surface area contributed by atoms with Gasteiger partial charge in [-0.1, -0.05) is 6.07 Å². The molecule has 0 spiro atoms. The van der Waals surface area contributed by atoms with Crippen molar-refractivity contribution in [1.82, 2.24) is 4.90 Å². The molecule has 19 heavy (non-hydrogen) atoms. The summed E-state index contributed by atoms with van der Waals surface area (Å²) in [4.78, 5) is 24.2. The predicted octanol–water partition coefficient (Wildman–Crippen LogP) is 1.58. The summed E-state index contributed by atoms with van der Waals surface area (Å²) in [6.07, 6.45) is 0.775. The molecule has 0 saturated carbocycles. The number of carbonyl (C=O) groups excluding carboxylic acids is 1. The van der Waals surface area contributed by atoms with E-state index in [1.165, 1.54) is 11.0 Å². The summed E-state index contributed by atoms with van der Waals surface area (Å²) in [6.45, 7) is 0.360. The van der Waals surface area contributed by atoms with Crippen LogP contribution in [0.5, 0.6) is 0 Å². The van der Waals surface area contributed by atoms with E-state index in [2.05, 4.69) is 0 Å². The number of hydrogen-bond acceptors (Lipinski definition) is 2. The largest absolute Gasteiger partial charge is 0.480 e. The Morgan fingerprint density at radius 3 is 2.74 bits per heavy atom. The highest BCUT2D eigenvalue weighted by atomic mass is 19.1. The molecule has 0 bridgehead atoms. The summed E-state index contributed by atoms with van der Waals surface area (Å²) in [7, 11) is 0. The van der Waals surface area contributed by atoms with Crippen LogP contribution in [0.3, 0.4) is 0 Å². The van der Waals surface area contributed by atoms with E-state index in [1.54, 1.807) is 0 Å². The second kappa shape index (κ2) is 5.34. The Morgan fingerprint density at radius 1 is 1.37 bits per heavy atom. The van der Waals surface area contributed by atoms with Crippen LogP contribution < -0.4 is 0 Å². The van der Waals surface area contributed by atoms with Crippen molar-refractivity contribution in [2.24, 2.45) is 0 Å². The third-order valence-corrected chi connectivity index (χ3v) is 3.21. The summed E-state index contributed by atoms with van der Waals surface area (Å²) in [5, 5.41) is 8.97. The average Bonchev–Trinajstić information content (AvgIpc) is 2.82. The molecule has 0 aliphatic carbocycles. The topological polar surface area (TPSA) is 57.6 Å². The van der Waals surface area contributed by atoms with Gasteiger partial charge < -0.3 is 10.0 Å². The van der Waals surface area contributed by atoms with Gasteiger partial charge in [-0.05, 0) is 24.5 Å². The highest BCUT2D eigenvalue weighted by molar-refractivity contribution is 5.85. The summed E-state index contributed by atoms with van der Waals surface area (Å²) >= 11 is 0. The van der Waals surface area contributed by atoms with Gasteiger partial charge in [-0.2, -0.15) is 0 Å². The van der Waals surface area contributed by atoms with E-state index in [4.69, 9.17) is 5.11 Å². The fraction of sp³-hybridized carbons (Fsp3) is 0.385. The third-order valence-electron chi connectivity index (χ3n) is 3.21. The highest BCUT2D eigenvalue weighted by Gasteiger charge is 2.33. The molecule has 0 aromatic heterocycles. The highest BCUT2D eigenvalue weighted by Crippen LogP contribution is 2.19. The standard InChI is InChI=1S/C13H13F2NO3/c14-9-4-3-8(10(15)7-9)6-12(17)16-5-1-2-11(16)13(18)19/h3-4,7,11H,1-2,5-6H2,(H,18,19)/t11-/m1/s1. The van der Waals surface area contributed by atoms with Gasteiger partial charge >= 0.3 is 5.97 Å². The van der Waals surface area contributed by atoms with Crippen LogP contribution in [0.15, 0.2) is 18.2 Å². The van der Waals surface area contributed by atoms with E-state index in [9.17, 15) is 18.4 Å². The number of hydrogen-bond donors (Lipinski definition) is 1. The van der Waals surface area contributed by atoms with Crippen molar-refractivity contribution in [3.63, 3.8) is 0 Å². The van der Waals surface area contributed by atoms with Crippen LogP contribution in [0.1, 0.15) is 18.4 Å². The van der Waals surface area contributed by atoms with E-state index in [0.717, 1.165) is 6.07 Å². The minimum Gasteiger partial charge on any atom is -0.480 e. The molecule has 6 heteroatoms. The molecular formula is C13H13F2NO3. The fourth-order valence-corrected chi connectivity index (χ4v) is 2.25. The summed E-state index contributed by atoms with van der Waals surface area (Å²) in [5.74, 6) is -3.00. The van der Waals surface area contributed by atoms with Crippen LogP contribution in [-0.4, -0.2) is 34.5 Å². The first kappa shape index (κ1) is 13.5. The van der Waals surface area contributed by atoms with Gasteiger partial charge in [-0.25, -0.2) is 13.6 Å². The molecule has 1 aromatic rings. The minimum atomic E-state index is -1.05. The van der Waals surface area contributed by atoms with Gasteiger partial charge in [0.05, 0.1) is 6.42 Å². The molecule has 1 atom stereocenters. The second-order valence-corrected chi connectivity index (χ2v) is 4.50. The second-order valence-electron chi connectivity index (χ2n) is 4.50. The van der Waals surface area contributed by atoms with Crippen LogP contribution >= 0.6 is 0 Å². The summed E-state index contributed by atoms with van der Waals surface area (Å²) < 4.78 is 26.2. The van der Waals surface area contributed by atoms with Gasteiger partial charge in [-0.3, -0.25) is 4.79 Å². The molecule has 102 valence electrons. The first-order valence-corrected chi connectivity index (χ1v) is 5.95. The maximum Gasteiger partial charge on any atom is 0.326 e. The lowest BCUT2D eigenvalue weighted by Crippen LogP contribution is -2.41. The number of rotatable bonds is 3. The molecule has 1 N–H and O–H groups in total. The zero-order chi connectivity index (χ0) is 14.0. The van der Waals surface area contributed by atoms with E-state index in [1.807, 2.05) is 0 Å². The first-order valence-electron chi connectivity index (χ1n) is 5.95. The number of amides is 1. The van der Waals surface area contributed by atoms with Gasteiger partial charge in [0, 0.05) is 12.6 Å². The number of aliphatic carboxylic acids is 1. The zero-order valence-electron chi connectivity index (χ0n) is 10.1. The average molecular weight is 269 g/mol. The van der Waals surface area contributed by atoms with E-state index in [0.29, 0.717) is 25.5 Å². The monoisotopic (exact) mass is 269 g/mol. The molecule has 1 aromatic carbocycles. The van der Waals surface area contributed by atoms with Crippen molar-refractivity contribution in [3.05, 3.63) is 35.4 Å². The van der Waals surface area contributed by atoms with Gasteiger partial charge in [0.1, 0.15) is 17.7 Å². The molecule has 0 unspecified atom stereocenters. The molecule has 1 aliphatic heterocycles. The first-order chi connectivity index (χ1) is 8.99. The van der Waals surface area contributed by atoms with Crippen molar-refractivity contribution in [2.45, 2.75) is 25.3 Å². The maximum absolute atomic E-state index is 13.4. The lowest BCUT2D eigenvalue weighted by molar-refractivity contribution is -0.148. The quantitative estimate of drug-likeness (QED) is 0.906. The molecule has 2 rings (SSSR count). The van der Waals surface area contributed by atoms with Crippen LogP contribution in [0.4, 0.5) is 8.78 Å². The van der Waals surface area contributed by atoms with Crippen molar-refractivity contribution in [2.75, 3.05) is 6.54 Å². The van der Waals surface area contributed by atoms with E-state index in [-0.39, 0.29) is 12.0 Å². The Kier molecular flexibility index (Phi) is 3.78. The molecule has 4 nitrogen and oxygen atoms in total. The Morgan fingerprint density at radius 2 is 2.11 bits per heavy atom. The van der Waals surface area contributed by atoms with Crippen molar-refractivity contribution in [1.29, 1.82) is 0 Å². The smallest absolute Gasteiger partial charge is 0.326 e. The molecule has 1 saturated heterocycles. The molecular weight excluding hydrogens is 256 g/mol. The van der Waals surface area contributed by atoms with Crippen LogP contribution in [0, 0.1) is 11.6 Å². The van der Waals surface area contributed by atoms with Crippen LogP contribution in [0.25, 0.3) is 0 Å². The van der Waals surface area contributed by atoms with Gasteiger partial charge in [0.15, 0.2) is 0 Å². The van der Waals surface area contributed by atoms with E-state index >= 15 is 0 Å². The number of likely N-dealkylation sites (tertiary alicyclic amines) is 1. The molecule has 1 fully saturated rings. The van der Waals surface area contributed by atoms with Crippen molar-refractivity contribution >= 4 is 11.9 Å².